The summed E-state index contributed by atoms with van der Waals surface area (Å²) in [4.78, 5) is 11.7. The summed E-state index contributed by atoms with van der Waals surface area (Å²) in [5, 5.41) is 3.26. The molecule has 16 heavy (non-hydrogen) atoms. The molecule has 0 saturated carbocycles. The highest BCUT2D eigenvalue weighted by Gasteiger charge is 2.15. The second-order valence-corrected chi connectivity index (χ2v) is 4.96. The van der Waals surface area contributed by atoms with E-state index in [1.54, 1.807) is 11.8 Å². The second kappa shape index (κ2) is 6.55. The highest BCUT2D eigenvalue weighted by Crippen LogP contribution is 2.09. The standard InChI is InChI=1S/C12H18N2OS/c1-9(16-2)8-14-12(15)11(13)10-6-4-3-5-7-10/h3-7,9,11H,8,13H2,1-2H3,(H,14,15)/t9?,11-/m1/s1. The molecule has 0 saturated heterocycles. The van der Waals surface area contributed by atoms with Crippen LogP contribution in [0.15, 0.2) is 30.3 Å². The van der Waals surface area contributed by atoms with Crippen molar-refractivity contribution in [1.82, 2.24) is 5.32 Å². The third-order valence-corrected chi connectivity index (χ3v) is 3.38. The van der Waals surface area contributed by atoms with Crippen molar-refractivity contribution in [2.24, 2.45) is 5.73 Å². The number of benzene rings is 1. The van der Waals surface area contributed by atoms with Crippen molar-refractivity contribution < 1.29 is 4.79 Å². The summed E-state index contributed by atoms with van der Waals surface area (Å²) < 4.78 is 0. The lowest BCUT2D eigenvalue weighted by Crippen LogP contribution is -2.37. The van der Waals surface area contributed by atoms with Crippen LogP contribution in [0.1, 0.15) is 18.5 Å². The van der Waals surface area contributed by atoms with E-state index in [1.165, 1.54) is 0 Å². The van der Waals surface area contributed by atoms with E-state index in [0.29, 0.717) is 11.8 Å². The van der Waals surface area contributed by atoms with Crippen molar-refractivity contribution in [1.29, 1.82) is 0 Å². The van der Waals surface area contributed by atoms with E-state index in [9.17, 15) is 4.79 Å². The van der Waals surface area contributed by atoms with Gasteiger partial charge in [-0.2, -0.15) is 11.8 Å². The fraction of sp³-hybridized carbons (Fsp3) is 0.417. The lowest BCUT2D eigenvalue weighted by molar-refractivity contribution is -0.122. The summed E-state index contributed by atoms with van der Waals surface area (Å²) in [6.07, 6.45) is 2.02. The quantitative estimate of drug-likeness (QED) is 0.818. The molecule has 0 aliphatic carbocycles. The highest BCUT2D eigenvalue weighted by molar-refractivity contribution is 7.99. The van der Waals surface area contributed by atoms with Crippen LogP contribution in [0, 0.1) is 0 Å². The molecule has 1 amide bonds. The minimum Gasteiger partial charge on any atom is -0.353 e. The first-order valence-electron chi connectivity index (χ1n) is 5.26. The largest absolute Gasteiger partial charge is 0.353 e. The van der Waals surface area contributed by atoms with Gasteiger partial charge in [-0.05, 0) is 11.8 Å². The first-order valence-corrected chi connectivity index (χ1v) is 6.55. The van der Waals surface area contributed by atoms with Crippen molar-refractivity contribution in [2.75, 3.05) is 12.8 Å². The smallest absolute Gasteiger partial charge is 0.241 e. The monoisotopic (exact) mass is 238 g/mol. The molecule has 3 N–H and O–H groups in total. The molecule has 1 aromatic rings. The van der Waals surface area contributed by atoms with E-state index in [2.05, 4.69) is 12.2 Å². The Kier molecular flexibility index (Phi) is 5.35. The third kappa shape index (κ3) is 3.87. The zero-order chi connectivity index (χ0) is 12.0. The number of nitrogens with one attached hydrogen (secondary N) is 1. The van der Waals surface area contributed by atoms with Crippen molar-refractivity contribution in [3.05, 3.63) is 35.9 Å². The molecule has 1 rings (SSSR count). The van der Waals surface area contributed by atoms with Crippen molar-refractivity contribution in [3.63, 3.8) is 0 Å². The Morgan fingerprint density at radius 2 is 2.06 bits per heavy atom. The number of hydrogen-bond donors (Lipinski definition) is 2. The lowest BCUT2D eigenvalue weighted by Gasteiger charge is -2.14. The van der Waals surface area contributed by atoms with Gasteiger partial charge < -0.3 is 11.1 Å². The fourth-order valence-corrected chi connectivity index (χ4v) is 1.50. The number of hydrogen-bond acceptors (Lipinski definition) is 3. The van der Waals surface area contributed by atoms with Crippen molar-refractivity contribution in [2.45, 2.75) is 18.2 Å². The average molecular weight is 238 g/mol. The minimum atomic E-state index is -0.574. The molecular weight excluding hydrogens is 220 g/mol. The first kappa shape index (κ1) is 13.1. The molecule has 4 heteroatoms. The van der Waals surface area contributed by atoms with Crippen LogP contribution in [0.5, 0.6) is 0 Å². The molecule has 3 nitrogen and oxygen atoms in total. The van der Waals surface area contributed by atoms with Crippen LogP contribution >= 0.6 is 11.8 Å². The molecule has 0 aromatic heterocycles. The van der Waals surface area contributed by atoms with Crippen LogP contribution in [0.2, 0.25) is 0 Å². The number of amides is 1. The zero-order valence-electron chi connectivity index (χ0n) is 9.64. The van der Waals surface area contributed by atoms with Gasteiger partial charge in [0.05, 0.1) is 0 Å². The maximum Gasteiger partial charge on any atom is 0.241 e. The summed E-state index contributed by atoms with van der Waals surface area (Å²) in [6.45, 7) is 2.72. The Hall–Kier alpha value is -1.00. The molecule has 0 spiro atoms. The van der Waals surface area contributed by atoms with E-state index in [1.807, 2.05) is 36.6 Å². The van der Waals surface area contributed by atoms with Crippen LogP contribution < -0.4 is 11.1 Å². The number of carbonyl (C=O) groups excluding carboxylic acids is 1. The Bertz CT molecular complexity index is 329. The minimum absolute atomic E-state index is 0.118. The van der Waals surface area contributed by atoms with Crippen LogP contribution in [-0.2, 0) is 4.79 Å². The number of carbonyl (C=O) groups is 1. The van der Waals surface area contributed by atoms with Gasteiger partial charge in [0.25, 0.3) is 0 Å². The highest BCUT2D eigenvalue weighted by atomic mass is 32.2. The Morgan fingerprint density at radius 3 is 2.62 bits per heavy atom. The van der Waals surface area contributed by atoms with Gasteiger partial charge in [-0.3, -0.25) is 4.79 Å². The van der Waals surface area contributed by atoms with Crippen LogP contribution in [0.3, 0.4) is 0 Å². The van der Waals surface area contributed by atoms with Gasteiger partial charge in [-0.1, -0.05) is 37.3 Å². The molecule has 1 aromatic carbocycles. The second-order valence-electron chi connectivity index (χ2n) is 3.68. The molecule has 2 atom stereocenters. The number of rotatable bonds is 5. The van der Waals surface area contributed by atoms with E-state index in [0.717, 1.165) is 5.56 Å². The molecule has 1 unspecified atom stereocenters. The van der Waals surface area contributed by atoms with Crippen LogP contribution in [-0.4, -0.2) is 24.0 Å². The molecule has 0 bridgehead atoms. The predicted molar refractivity (Wildman–Crippen MR) is 69.4 cm³/mol. The number of thioether (sulfide) groups is 1. The third-order valence-electron chi connectivity index (χ3n) is 2.41. The Labute approximate surface area is 101 Å². The van der Waals surface area contributed by atoms with Gasteiger partial charge in [0.1, 0.15) is 6.04 Å². The number of nitrogens with two attached hydrogens (primary N) is 1. The molecule has 0 radical (unpaired) electrons. The Morgan fingerprint density at radius 1 is 1.44 bits per heavy atom. The first-order chi connectivity index (χ1) is 7.65. The maximum absolute atomic E-state index is 11.7. The van der Waals surface area contributed by atoms with E-state index >= 15 is 0 Å². The summed E-state index contributed by atoms with van der Waals surface area (Å²) in [7, 11) is 0. The molecule has 0 aliphatic heterocycles. The van der Waals surface area contributed by atoms with Gasteiger partial charge in [0.2, 0.25) is 5.91 Å². The SMILES string of the molecule is CSC(C)CNC(=O)[C@H](N)c1ccccc1. The van der Waals surface area contributed by atoms with Crippen LogP contribution in [0.25, 0.3) is 0 Å². The van der Waals surface area contributed by atoms with Crippen molar-refractivity contribution >= 4 is 17.7 Å². The summed E-state index contributed by atoms with van der Waals surface area (Å²) in [6, 6.07) is 8.82. The summed E-state index contributed by atoms with van der Waals surface area (Å²) in [5.41, 5.74) is 6.69. The Balaban J connectivity index is 2.49. The predicted octanol–water partition coefficient (Wildman–Crippen LogP) is 1.55. The molecule has 0 aliphatic rings. The van der Waals surface area contributed by atoms with Gasteiger partial charge in [-0.25, -0.2) is 0 Å². The van der Waals surface area contributed by atoms with Crippen molar-refractivity contribution in [3.8, 4) is 0 Å². The van der Waals surface area contributed by atoms with Gasteiger partial charge in [0, 0.05) is 11.8 Å². The summed E-state index contributed by atoms with van der Waals surface area (Å²) >= 11 is 1.72. The van der Waals surface area contributed by atoms with Gasteiger partial charge in [0.15, 0.2) is 0 Å². The molecule has 0 heterocycles. The molecular formula is C12H18N2OS. The van der Waals surface area contributed by atoms with Gasteiger partial charge in [-0.15, -0.1) is 0 Å². The maximum atomic E-state index is 11.7. The van der Waals surface area contributed by atoms with E-state index in [4.69, 9.17) is 5.73 Å². The fourth-order valence-electron chi connectivity index (χ4n) is 1.25. The zero-order valence-corrected chi connectivity index (χ0v) is 10.5. The summed E-state index contributed by atoms with van der Waals surface area (Å²) in [5.74, 6) is -0.118. The van der Waals surface area contributed by atoms with Gasteiger partial charge >= 0.3 is 0 Å². The topological polar surface area (TPSA) is 55.1 Å². The van der Waals surface area contributed by atoms with E-state index < -0.39 is 6.04 Å². The normalized spacial score (nSPS) is 14.2. The average Bonchev–Trinajstić information content (AvgIpc) is 2.35. The van der Waals surface area contributed by atoms with E-state index in [-0.39, 0.29) is 5.91 Å². The van der Waals surface area contributed by atoms with Crippen LogP contribution in [0.4, 0.5) is 0 Å². The lowest BCUT2D eigenvalue weighted by atomic mass is 10.1. The molecule has 88 valence electrons. The molecule has 0 fully saturated rings.